The summed E-state index contributed by atoms with van der Waals surface area (Å²) >= 11 is 0. The number of aliphatic hydroxyl groups excluding tert-OH is 1. The van der Waals surface area contributed by atoms with E-state index in [0.717, 1.165) is 36.7 Å². The summed E-state index contributed by atoms with van der Waals surface area (Å²) in [5, 5.41) is 20.2. The number of nitriles is 1. The van der Waals surface area contributed by atoms with Gasteiger partial charge < -0.3 is 10.0 Å². The van der Waals surface area contributed by atoms with Crippen molar-refractivity contribution in [2.24, 2.45) is 0 Å². The van der Waals surface area contributed by atoms with Gasteiger partial charge in [0.1, 0.15) is 11.9 Å². The third-order valence-corrected chi connectivity index (χ3v) is 4.09. The highest BCUT2D eigenvalue weighted by atomic mass is 16.3. The number of pyridine rings is 1. The molecule has 1 N–H and O–H groups in total. The lowest BCUT2D eigenvalue weighted by Crippen LogP contribution is -2.39. The number of piperidine rings is 1. The van der Waals surface area contributed by atoms with Crippen molar-refractivity contribution in [2.75, 3.05) is 18.0 Å². The van der Waals surface area contributed by atoms with E-state index in [-0.39, 0.29) is 6.10 Å². The number of aryl methyl sites for hydroxylation is 1. The Kier molecular flexibility index (Phi) is 3.76. The molecule has 2 heterocycles. The molecule has 1 aliphatic rings. The van der Waals surface area contributed by atoms with E-state index in [4.69, 9.17) is 4.98 Å². The molecule has 0 radical (unpaired) electrons. The van der Waals surface area contributed by atoms with Crippen LogP contribution in [0.4, 0.5) is 5.82 Å². The minimum Gasteiger partial charge on any atom is -0.391 e. The largest absolute Gasteiger partial charge is 0.391 e. The maximum absolute atomic E-state index is 9.85. The molecular weight excluding hydrogens is 262 g/mol. The number of nitrogens with zero attached hydrogens (tertiary/aromatic N) is 3. The van der Waals surface area contributed by atoms with Gasteiger partial charge >= 0.3 is 0 Å². The molecule has 1 atom stereocenters. The SMILES string of the molecule is CCc1ccc2cc(C#N)c(N3CCC[C@H](O)C3)nc2c1. The van der Waals surface area contributed by atoms with Crippen molar-refractivity contribution < 1.29 is 5.11 Å². The van der Waals surface area contributed by atoms with Gasteiger partial charge in [-0.25, -0.2) is 4.98 Å². The molecule has 0 spiro atoms. The maximum atomic E-state index is 9.85. The predicted octanol–water partition coefficient (Wildman–Crippen LogP) is 2.63. The summed E-state index contributed by atoms with van der Waals surface area (Å²) in [4.78, 5) is 6.74. The van der Waals surface area contributed by atoms with Crippen LogP contribution in [-0.2, 0) is 6.42 Å². The van der Waals surface area contributed by atoms with Crippen molar-refractivity contribution in [3.05, 3.63) is 35.4 Å². The lowest BCUT2D eigenvalue weighted by molar-refractivity contribution is 0.154. The molecule has 1 saturated heterocycles. The van der Waals surface area contributed by atoms with Crippen molar-refractivity contribution in [1.82, 2.24) is 4.98 Å². The number of hydrogen-bond donors (Lipinski definition) is 1. The second-order valence-corrected chi connectivity index (χ2v) is 5.59. The Morgan fingerprint density at radius 1 is 1.43 bits per heavy atom. The molecule has 1 aliphatic heterocycles. The van der Waals surface area contributed by atoms with E-state index in [1.807, 2.05) is 17.0 Å². The van der Waals surface area contributed by atoms with Crippen LogP contribution in [0.2, 0.25) is 0 Å². The van der Waals surface area contributed by atoms with Gasteiger partial charge in [0, 0.05) is 18.5 Å². The number of rotatable bonds is 2. The van der Waals surface area contributed by atoms with E-state index >= 15 is 0 Å². The lowest BCUT2D eigenvalue weighted by atomic mass is 10.1. The topological polar surface area (TPSA) is 60.2 Å². The van der Waals surface area contributed by atoms with Gasteiger partial charge in [-0.3, -0.25) is 0 Å². The third-order valence-electron chi connectivity index (χ3n) is 4.09. The Bertz CT molecular complexity index is 705. The van der Waals surface area contributed by atoms with Gasteiger partial charge in [0.05, 0.1) is 17.2 Å². The van der Waals surface area contributed by atoms with Gasteiger partial charge in [0.2, 0.25) is 0 Å². The van der Waals surface area contributed by atoms with E-state index < -0.39 is 0 Å². The number of fused-ring (bicyclic) bond motifs is 1. The summed E-state index contributed by atoms with van der Waals surface area (Å²) in [7, 11) is 0. The zero-order valence-corrected chi connectivity index (χ0v) is 12.2. The summed E-state index contributed by atoms with van der Waals surface area (Å²) in [6.45, 7) is 3.52. The fourth-order valence-corrected chi connectivity index (χ4v) is 2.89. The van der Waals surface area contributed by atoms with Crippen LogP contribution < -0.4 is 4.90 Å². The van der Waals surface area contributed by atoms with Crippen molar-refractivity contribution in [2.45, 2.75) is 32.3 Å². The van der Waals surface area contributed by atoms with Crippen molar-refractivity contribution in [1.29, 1.82) is 5.26 Å². The second-order valence-electron chi connectivity index (χ2n) is 5.59. The fourth-order valence-electron chi connectivity index (χ4n) is 2.89. The zero-order valence-electron chi connectivity index (χ0n) is 12.2. The number of aliphatic hydroxyl groups is 1. The highest BCUT2D eigenvalue weighted by Gasteiger charge is 2.21. The smallest absolute Gasteiger partial charge is 0.147 e. The van der Waals surface area contributed by atoms with Crippen LogP contribution in [0.15, 0.2) is 24.3 Å². The second kappa shape index (κ2) is 5.71. The molecule has 0 aliphatic carbocycles. The maximum Gasteiger partial charge on any atom is 0.147 e. The Morgan fingerprint density at radius 2 is 2.29 bits per heavy atom. The monoisotopic (exact) mass is 281 g/mol. The van der Waals surface area contributed by atoms with Crippen molar-refractivity contribution in [3.8, 4) is 6.07 Å². The molecule has 3 rings (SSSR count). The lowest BCUT2D eigenvalue weighted by Gasteiger charge is -2.31. The Hall–Kier alpha value is -2.12. The molecule has 0 amide bonds. The summed E-state index contributed by atoms with van der Waals surface area (Å²) in [6, 6.07) is 10.3. The molecule has 2 aromatic rings. The van der Waals surface area contributed by atoms with E-state index in [0.29, 0.717) is 17.9 Å². The summed E-state index contributed by atoms with van der Waals surface area (Å²) in [5.41, 5.74) is 2.74. The average molecular weight is 281 g/mol. The van der Waals surface area contributed by atoms with Crippen molar-refractivity contribution >= 4 is 16.7 Å². The van der Waals surface area contributed by atoms with Gasteiger partial charge in [-0.2, -0.15) is 5.26 Å². The van der Waals surface area contributed by atoms with Gasteiger partial charge in [0.25, 0.3) is 0 Å². The first-order valence-electron chi connectivity index (χ1n) is 7.48. The normalized spacial score (nSPS) is 18.7. The summed E-state index contributed by atoms with van der Waals surface area (Å²) < 4.78 is 0. The number of benzene rings is 1. The van der Waals surface area contributed by atoms with Gasteiger partial charge in [0.15, 0.2) is 0 Å². The summed E-state index contributed by atoms with van der Waals surface area (Å²) in [5.74, 6) is 0.706. The molecule has 1 aromatic heterocycles. The van der Waals surface area contributed by atoms with Crippen LogP contribution >= 0.6 is 0 Å². The number of hydrogen-bond acceptors (Lipinski definition) is 4. The minimum absolute atomic E-state index is 0.329. The molecular formula is C17H19N3O. The first-order valence-corrected chi connectivity index (χ1v) is 7.48. The van der Waals surface area contributed by atoms with Crippen molar-refractivity contribution in [3.63, 3.8) is 0 Å². The van der Waals surface area contributed by atoms with Crippen LogP contribution in [0, 0.1) is 11.3 Å². The highest BCUT2D eigenvalue weighted by molar-refractivity contribution is 5.83. The third kappa shape index (κ3) is 2.70. The van der Waals surface area contributed by atoms with Crippen LogP contribution in [0.25, 0.3) is 10.9 Å². The predicted molar refractivity (Wildman–Crippen MR) is 83.3 cm³/mol. The van der Waals surface area contributed by atoms with Gasteiger partial charge in [-0.15, -0.1) is 0 Å². The average Bonchev–Trinajstić information content (AvgIpc) is 2.53. The molecule has 1 aromatic carbocycles. The van der Waals surface area contributed by atoms with E-state index in [1.165, 1.54) is 5.56 Å². The number of anilines is 1. The molecule has 0 saturated carbocycles. The quantitative estimate of drug-likeness (QED) is 0.919. The molecule has 21 heavy (non-hydrogen) atoms. The van der Waals surface area contributed by atoms with Gasteiger partial charge in [-0.05, 0) is 37.0 Å². The zero-order chi connectivity index (χ0) is 14.8. The van der Waals surface area contributed by atoms with E-state index in [2.05, 4.69) is 25.1 Å². The molecule has 108 valence electrons. The Balaban J connectivity index is 2.09. The minimum atomic E-state index is -0.329. The van der Waals surface area contributed by atoms with Gasteiger partial charge in [-0.1, -0.05) is 19.1 Å². The molecule has 4 heteroatoms. The standard InChI is InChI=1S/C17H19N3O/c1-2-12-5-6-13-9-14(10-18)17(19-16(13)8-12)20-7-3-4-15(21)11-20/h5-6,8-9,15,21H,2-4,7,11H2,1H3/t15-/m0/s1. The molecule has 4 nitrogen and oxygen atoms in total. The first-order chi connectivity index (χ1) is 10.2. The van der Waals surface area contributed by atoms with Crippen LogP contribution in [0.5, 0.6) is 0 Å². The van der Waals surface area contributed by atoms with Crippen LogP contribution in [-0.4, -0.2) is 29.3 Å². The Labute approximate surface area is 124 Å². The highest BCUT2D eigenvalue weighted by Crippen LogP contribution is 2.26. The fraction of sp³-hybridized carbons (Fsp3) is 0.412. The van der Waals surface area contributed by atoms with Crippen LogP contribution in [0.1, 0.15) is 30.9 Å². The number of β-amino-alcohol motifs (C(OH)–C–C–N with tert-alkyl or cyclic N) is 1. The molecule has 1 fully saturated rings. The molecule has 0 bridgehead atoms. The molecule has 0 unspecified atom stereocenters. The Morgan fingerprint density at radius 3 is 3.00 bits per heavy atom. The van der Waals surface area contributed by atoms with Crippen LogP contribution in [0.3, 0.4) is 0 Å². The van der Waals surface area contributed by atoms with E-state index in [9.17, 15) is 10.4 Å². The first kappa shape index (κ1) is 13.8. The summed E-state index contributed by atoms with van der Waals surface area (Å²) in [6.07, 6.45) is 2.40. The van der Waals surface area contributed by atoms with E-state index in [1.54, 1.807) is 0 Å². The number of aromatic nitrogens is 1.